The SMILES string of the molecule is CC(C)(C)OC(=O)N1CC(CNC(=O)CC[C@H](NC(=O)OCC2c3ccccc3-c3ccccc32)C(=O)O)C1. The molecule has 1 fully saturated rings. The molecule has 0 saturated carbocycles. The molecule has 1 heterocycles. The lowest BCUT2D eigenvalue weighted by Crippen LogP contribution is -2.54. The fraction of sp³-hybridized carbons (Fsp3) is 0.448. The second-order valence-electron chi connectivity index (χ2n) is 11.0. The molecule has 1 aliphatic heterocycles. The van der Waals surface area contributed by atoms with Gasteiger partial charge in [0.1, 0.15) is 18.2 Å². The summed E-state index contributed by atoms with van der Waals surface area (Å²) in [6.45, 7) is 6.80. The van der Waals surface area contributed by atoms with E-state index in [2.05, 4.69) is 10.6 Å². The molecule has 1 saturated heterocycles. The van der Waals surface area contributed by atoms with Gasteiger partial charge in [0.2, 0.25) is 5.91 Å². The molecule has 2 aliphatic rings. The molecule has 3 N–H and O–H groups in total. The first-order valence-corrected chi connectivity index (χ1v) is 13.1. The summed E-state index contributed by atoms with van der Waals surface area (Å²) in [6, 6.07) is 14.6. The number of nitrogens with one attached hydrogen (secondary N) is 2. The highest BCUT2D eigenvalue weighted by Crippen LogP contribution is 2.44. The minimum atomic E-state index is -1.27. The van der Waals surface area contributed by atoms with E-state index in [1.54, 1.807) is 25.7 Å². The van der Waals surface area contributed by atoms with E-state index in [1.807, 2.05) is 48.5 Å². The third-order valence-electron chi connectivity index (χ3n) is 6.79. The van der Waals surface area contributed by atoms with Gasteiger partial charge in [-0.3, -0.25) is 4.79 Å². The number of amides is 3. The molecule has 0 spiro atoms. The topological polar surface area (TPSA) is 134 Å². The molecule has 0 aromatic heterocycles. The van der Waals surface area contributed by atoms with Crippen LogP contribution in [0.4, 0.5) is 9.59 Å². The van der Waals surface area contributed by atoms with Gasteiger partial charge in [0.25, 0.3) is 0 Å². The number of carbonyl (C=O) groups is 4. The Bertz CT molecular complexity index is 1190. The highest BCUT2D eigenvalue weighted by molar-refractivity contribution is 5.82. The van der Waals surface area contributed by atoms with Crippen molar-refractivity contribution in [2.24, 2.45) is 5.92 Å². The number of aliphatic carboxylic acids is 1. The number of nitrogens with zero attached hydrogens (tertiary/aromatic N) is 1. The summed E-state index contributed by atoms with van der Waals surface area (Å²) in [5.74, 6) is -1.61. The number of fused-ring (bicyclic) bond motifs is 3. The van der Waals surface area contributed by atoms with Crippen LogP contribution in [-0.4, -0.2) is 72.0 Å². The van der Waals surface area contributed by atoms with Crippen molar-refractivity contribution >= 4 is 24.1 Å². The maximum absolute atomic E-state index is 12.5. The Morgan fingerprint density at radius 3 is 2.15 bits per heavy atom. The zero-order chi connectivity index (χ0) is 28.2. The number of rotatable bonds is 9. The lowest BCUT2D eigenvalue weighted by Gasteiger charge is -2.39. The molecule has 3 amide bonds. The first-order valence-electron chi connectivity index (χ1n) is 13.1. The summed E-state index contributed by atoms with van der Waals surface area (Å²) in [4.78, 5) is 50.0. The van der Waals surface area contributed by atoms with Crippen molar-refractivity contribution in [2.75, 3.05) is 26.2 Å². The molecule has 0 radical (unpaired) electrons. The fourth-order valence-electron chi connectivity index (χ4n) is 4.84. The molecule has 0 unspecified atom stereocenters. The number of carboxylic acid groups (broad SMARTS) is 1. The second-order valence-corrected chi connectivity index (χ2v) is 11.0. The molecule has 4 rings (SSSR count). The van der Waals surface area contributed by atoms with Crippen molar-refractivity contribution < 1.29 is 33.8 Å². The maximum atomic E-state index is 12.5. The van der Waals surface area contributed by atoms with E-state index in [1.165, 1.54) is 0 Å². The van der Waals surface area contributed by atoms with Gasteiger partial charge in [-0.1, -0.05) is 48.5 Å². The Hall–Kier alpha value is -4.08. The molecule has 1 atom stereocenters. The molecular weight excluding hydrogens is 502 g/mol. The average Bonchev–Trinajstić information content (AvgIpc) is 3.16. The Morgan fingerprint density at radius 1 is 1.00 bits per heavy atom. The number of ether oxygens (including phenoxy) is 2. The van der Waals surface area contributed by atoms with Crippen LogP contribution in [0, 0.1) is 5.92 Å². The molecular formula is C29H35N3O7. The van der Waals surface area contributed by atoms with Crippen LogP contribution in [0.25, 0.3) is 11.1 Å². The Kier molecular flexibility index (Phi) is 8.42. The summed E-state index contributed by atoms with van der Waals surface area (Å²) in [5.41, 5.74) is 3.73. The van der Waals surface area contributed by atoms with E-state index in [0.29, 0.717) is 19.6 Å². The quantitative estimate of drug-likeness (QED) is 0.444. The Morgan fingerprint density at radius 2 is 1.59 bits per heavy atom. The van der Waals surface area contributed by atoms with Crippen molar-refractivity contribution in [1.82, 2.24) is 15.5 Å². The smallest absolute Gasteiger partial charge is 0.410 e. The third-order valence-corrected chi connectivity index (χ3v) is 6.79. The third kappa shape index (κ3) is 7.07. The van der Waals surface area contributed by atoms with Crippen molar-refractivity contribution in [2.45, 2.75) is 51.2 Å². The summed E-state index contributed by atoms with van der Waals surface area (Å²) < 4.78 is 10.7. The predicted octanol–water partition coefficient (Wildman–Crippen LogP) is 3.74. The highest BCUT2D eigenvalue weighted by Gasteiger charge is 2.34. The molecule has 10 heteroatoms. The van der Waals surface area contributed by atoms with Crippen molar-refractivity contribution in [1.29, 1.82) is 0 Å². The molecule has 2 aromatic carbocycles. The summed E-state index contributed by atoms with van der Waals surface area (Å²) in [6.07, 6.45) is -1.39. The first kappa shape index (κ1) is 27.9. The average molecular weight is 538 g/mol. The fourth-order valence-corrected chi connectivity index (χ4v) is 4.84. The number of carbonyl (C=O) groups excluding carboxylic acids is 3. The van der Waals surface area contributed by atoms with Crippen LogP contribution in [0.3, 0.4) is 0 Å². The molecule has 10 nitrogen and oxygen atoms in total. The van der Waals surface area contributed by atoms with E-state index in [0.717, 1.165) is 22.3 Å². The van der Waals surface area contributed by atoms with Crippen LogP contribution in [0.5, 0.6) is 0 Å². The minimum absolute atomic E-state index is 0.0639. The van der Waals surface area contributed by atoms with Crippen LogP contribution in [0.1, 0.15) is 50.7 Å². The van der Waals surface area contributed by atoms with Gasteiger partial charge in [0.05, 0.1) is 0 Å². The molecule has 1 aliphatic carbocycles. The minimum Gasteiger partial charge on any atom is -0.480 e. The van der Waals surface area contributed by atoms with E-state index in [4.69, 9.17) is 9.47 Å². The largest absolute Gasteiger partial charge is 0.480 e. The van der Waals surface area contributed by atoms with Crippen LogP contribution < -0.4 is 10.6 Å². The van der Waals surface area contributed by atoms with Gasteiger partial charge in [-0.2, -0.15) is 0 Å². The van der Waals surface area contributed by atoms with Gasteiger partial charge in [-0.25, -0.2) is 14.4 Å². The molecule has 39 heavy (non-hydrogen) atoms. The van der Waals surface area contributed by atoms with E-state index in [9.17, 15) is 24.3 Å². The Balaban J connectivity index is 1.19. The number of alkyl carbamates (subject to hydrolysis) is 1. The van der Waals surface area contributed by atoms with E-state index in [-0.39, 0.29) is 43.3 Å². The standard InChI is InChI=1S/C29H35N3O7/c1-29(2,3)39-28(37)32-15-18(16-32)14-30-25(33)13-12-24(26(34)35)31-27(36)38-17-23-21-10-6-4-8-19(21)20-9-5-7-11-22(20)23/h4-11,18,23-24H,12-17H2,1-3H3,(H,30,33)(H,31,36)(H,34,35)/t24-/m0/s1. The van der Waals surface area contributed by atoms with Gasteiger partial charge in [0, 0.05) is 37.9 Å². The normalized spacial score (nSPS) is 15.4. The summed E-state index contributed by atoms with van der Waals surface area (Å²) in [7, 11) is 0. The van der Waals surface area contributed by atoms with Gasteiger partial charge in [-0.05, 0) is 49.4 Å². The van der Waals surface area contributed by atoms with E-state index >= 15 is 0 Å². The predicted molar refractivity (Wildman–Crippen MR) is 143 cm³/mol. The number of likely N-dealkylation sites (tertiary alicyclic amines) is 1. The number of benzene rings is 2. The monoisotopic (exact) mass is 537 g/mol. The van der Waals surface area contributed by atoms with Crippen LogP contribution in [0.2, 0.25) is 0 Å². The zero-order valence-electron chi connectivity index (χ0n) is 22.4. The van der Waals surface area contributed by atoms with Gasteiger partial charge in [-0.15, -0.1) is 0 Å². The van der Waals surface area contributed by atoms with Crippen molar-refractivity contribution in [3.05, 3.63) is 59.7 Å². The first-order chi connectivity index (χ1) is 18.5. The molecule has 2 aromatic rings. The van der Waals surface area contributed by atoms with Gasteiger partial charge in [0.15, 0.2) is 0 Å². The van der Waals surface area contributed by atoms with Crippen molar-refractivity contribution in [3.8, 4) is 11.1 Å². The van der Waals surface area contributed by atoms with E-state index < -0.39 is 23.7 Å². The molecule has 0 bridgehead atoms. The Labute approximate surface area is 227 Å². The maximum Gasteiger partial charge on any atom is 0.410 e. The van der Waals surface area contributed by atoms with Crippen LogP contribution in [-0.2, 0) is 19.1 Å². The summed E-state index contributed by atoms with van der Waals surface area (Å²) in [5, 5.41) is 14.7. The highest BCUT2D eigenvalue weighted by atomic mass is 16.6. The van der Waals surface area contributed by atoms with Crippen LogP contribution >= 0.6 is 0 Å². The lowest BCUT2D eigenvalue weighted by molar-refractivity contribution is -0.139. The molecule has 208 valence electrons. The van der Waals surface area contributed by atoms with Crippen LogP contribution in [0.15, 0.2) is 48.5 Å². The number of hydrogen-bond donors (Lipinski definition) is 3. The van der Waals surface area contributed by atoms with Crippen molar-refractivity contribution in [3.63, 3.8) is 0 Å². The number of carboxylic acids is 1. The second kappa shape index (κ2) is 11.8. The van der Waals surface area contributed by atoms with Gasteiger partial charge >= 0.3 is 18.2 Å². The zero-order valence-corrected chi connectivity index (χ0v) is 22.4. The lowest BCUT2D eigenvalue weighted by atomic mass is 9.98. The van der Waals surface area contributed by atoms with Gasteiger partial charge < -0.3 is 30.1 Å². The number of hydrogen-bond acceptors (Lipinski definition) is 6. The summed E-state index contributed by atoms with van der Waals surface area (Å²) >= 11 is 0.